The van der Waals surface area contributed by atoms with Crippen molar-refractivity contribution in [1.29, 1.82) is 0 Å². The Morgan fingerprint density at radius 2 is 1.88 bits per heavy atom. The monoisotopic (exact) mass is 228 g/mol. The molecule has 2 heteroatoms. The molecule has 2 rings (SSSR count). The van der Waals surface area contributed by atoms with E-state index in [1.807, 2.05) is 30.3 Å². The topological polar surface area (TPSA) is 29.5 Å². The Morgan fingerprint density at radius 1 is 1.06 bits per heavy atom. The molecule has 2 aromatic rings. The lowest BCUT2D eigenvalue weighted by atomic mass is 10.1. The number of phenolic OH excluding ortho intramolecular Hbond substituents is 1. The van der Waals surface area contributed by atoms with E-state index in [4.69, 9.17) is 4.74 Å². The molecule has 0 spiro atoms. The van der Waals surface area contributed by atoms with E-state index >= 15 is 0 Å². The second kappa shape index (κ2) is 5.39. The quantitative estimate of drug-likeness (QED) is 0.867. The van der Waals surface area contributed by atoms with Gasteiger partial charge in [0.2, 0.25) is 0 Å². The van der Waals surface area contributed by atoms with Crippen molar-refractivity contribution >= 4 is 0 Å². The number of rotatable bonds is 4. The number of aryl methyl sites for hydroxylation is 1. The summed E-state index contributed by atoms with van der Waals surface area (Å²) in [5.74, 6) is 1.19. The fraction of sp³-hybridized carbons (Fsp3) is 0.200. The van der Waals surface area contributed by atoms with Crippen molar-refractivity contribution in [2.45, 2.75) is 20.0 Å². The maximum Gasteiger partial charge on any atom is 0.122 e. The van der Waals surface area contributed by atoms with Crippen LogP contribution in [-0.4, -0.2) is 5.11 Å². The van der Waals surface area contributed by atoms with Gasteiger partial charge in [0.25, 0.3) is 0 Å². The van der Waals surface area contributed by atoms with Crippen molar-refractivity contribution in [2.24, 2.45) is 0 Å². The van der Waals surface area contributed by atoms with Gasteiger partial charge in [-0.2, -0.15) is 0 Å². The third-order valence-electron chi connectivity index (χ3n) is 2.66. The highest BCUT2D eigenvalue weighted by molar-refractivity contribution is 5.34. The highest BCUT2D eigenvalue weighted by Gasteiger charge is 2.01. The summed E-state index contributed by atoms with van der Waals surface area (Å²) in [5, 5.41) is 9.36. The zero-order valence-electron chi connectivity index (χ0n) is 9.89. The Hall–Kier alpha value is -1.96. The minimum atomic E-state index is 0.273. The molecule has 0 aliphatic rings. The summed E-state index contributed by atoms with van der Waals surface area (Å²) in [6.07, 6.45) is 0.955. The summed E-state index contributed by atoms with van der Waals surface area (Å²) in [6.45, 7) is 2.59. The van der Waals surface area contributed by atoms with E-state index in [1.165, 1.54) is 5.56 Å². The molecule has 0 saturated carbocycles. The predicted molar refractivity (Wildman–Crippen MR) is 68.3 cm³/mol. The molecule has 0 fully saturated rings. The average molecular weight is 228 g/mol. The fourth-order valence-electron chi connectivity index (χ4n) is 1.74. The zero-order valence-corrected chi connectivity index (χ0v) is 9.89. The van der Waals surface area contributed by atoms with E-state index in [2.05, 4.69) is 13.0 Å². The van der Waals surface area contributed by atoms with Crippen molar-refractivity contribution in [2.75, 3.05) is 0 Å². The minimum Gasteiger partial charge on any atom is -0.508 e. The Morgan fingerprint density at radius 3 is 2.65 bits per heavy atom. The molecule has 0 heterocycles. The summed E-state index contributed by atoms with van der Waals surface area (Å²) < 4.78 is 5.76. The van der Waals surface area contributed by atoms with Crippen LogP contribution >= 0.6 is 0 Å². The first-order valence-corrected chi connectivity index (χ1v) is 5.78. The lowest BCUT2D eigenvalue weighted by Crippen LogP contribution is -1.97. The van der Waals surface area contributed by atoms with Gasteiger partial charge in [0.15, 0.2) is 0 Å². The highest BCUT2D eigenvalue weighted by atomic mass is 16.5. The molecule has 0 aromatic heterocycles. The minimum absolute atomic E-state index is 0.273. The lowest BCUT2D eigenvalue weighted by Gasteiger charge is -2.10. The van der Waals surface area contributed by atoms with Crippen LogP contribution in [0.25, 0.3) is 0 Å². The van der Waals surface area contributed by atoms with Gasteiger partial charge in [-0.05, 0) is 35.7 Å². The van der Waals surface area contributed by atoms with Crippen molar-refractivity contribution in [3.05, 3.63) is 59.7 Å². The summed E-state index contributed by atoms with van der Waals surface area (Å²) in [5.41, 5.74) is 2.17. The van der Waals surface area contributed by atoms with Crippen LogP contribution in [-0.2, 0) is 13.0 Å². The lowest BCUT2D eigenvalue weighted by molar-refractivity contribution is 0.302. The zero-order chi connectivity index (χ0) is 12.1. The third kappa shape index (κ3) is 3.00. The molecule has 0 saturated heterocycles. The van der Waals surface area contributed by atoms with Gasteiger partial charge in [-0.25, -0.2) is 0 Å². The molecule has 2 nitrogen and oxygen atoms in total. The summed E-state index contributed by atoms with van der Waals surface area (Å²) in [6, 6.07) is 15.2. The van der Waals surface area contributed by atoms with Crippen molar-refractivity contribution < 1.29 is 9.84 Å². The van der Waals surface area contributed by atoms with E-state index in [-0.39, 0.29) is 5.75 Å². The van der Waals surface area contributed by atoms with Crippen LogP contribution in [0, 0.1) is 0 Å². The third-order valence-corrected chi connectivity index (χ3v) is 2.66. The van der Waals surface area contributed by atoms with Crippen LogP contribution in [0.5, 0.6) is 11.5 Å². The number of phenols is 1. The Balaban J connectivity index is 2.07. The number of benzene rings is 2. The van der Waals surface area contributed by atoms with Crippen molar-refractivity contribution in [1.82, 2.24) is 0 Å². The molecule has 0 aliphatic heterocycles. The standard InChI is InChI=1S/C15H16O2/c1-2-13-7-3-4-9-15(13)17-11-12-6-5-8-14(16)10-12/h3-10,16H,2,11H2,1H3. The van der Waals surface area contributed by atoms with E-state index in [1.54, 1.807) is 12.1 Å². The molecule has 0 bridgehead atoms. The molecule has 1 N–H and O–H groups in total. The van der Waals surface area contributed by atoms with Gasteiger partial charge in [-0.15, -0.1) is 0 Å². The van der Waals surface area contributed by atoms with E-state index < -0.39 is 0 Å². The molecular weight excluding hydrogens is 212 g/mol. The van der Waals surface area contributed by atoms with Gasteiger partial charge >= 0.3 is 0 Å². The molecule has 0 unspecified atom stereocenters. The molecule has 0 atom stereocenters. The number of ether oxygens (including phenoxy) is 1. The van der Waals surface area contributed by atoms with Gasteiger partial charge in [-0.3, -0.25) is 0 Å². The Kier molecular flexibility index (Phi) is 3.66. The fourth-order valence-corrected chi connectivity index (χ4v) is 1.74. The van der Waals surface area contributed by atoms with Gasteiger partial charge in [0, 0.05) is 0 Å². The van der Waals surface area contributed by atoms with Crippen LogP contribution in [0.3, 0.4) is 0 Å². The number of hydrogen-bond donors (Lipinski definition) is 1. The summed E-state index contributed by atoms with van der Waals surface area (Å²) in [4.78, 5) is 0. The van der Waals surface area contributed by atoms with E-state index in [9.17, 15) is 5.11 Å². The molecule has 88 valence electrons. The van der Waals surface area contributed by atoms with Gasteiger partial charge in [0.1, 0.15) is 18.1 Å². The number of hydrogen-bond acceptors (Lipinski definition) is 2. The number of para-hydroxylation sites is 1. The van der Waals surface area contributed by atoms with E-state index in [0.717, 1.165) is 17.7 Å². The molecule has 0 radical (unpaired) electrons. The summed E-state index contributed by atoms with van der Waals surface area (Å²) in [7, 11) is 0. The van der Waals surface area contributed by atoms with Crippen molar-refractivity contribution in [3.8, 4) is 11.5 Å². The highest BCUT2D eigenvalue weighted by Crippen LogP contribution is 2.20. The average Bonchev–Trinajstić information content (AvgIpc) is 2.37. The number of aromatic hydroxyl groups is 1. The second-order valence-electron chi connectivity index (χ2n) is 3.92. The van der Waals surface area contributed by atoms with Crippen LogP contribution < -0.4 is 4.74 Å². The van der Waals surface area contributed by atoms with Crippen LogP contribution in [0.1, 0.15) is 18.1 Å². The van der Waals surface area contributed by atoms with Gasteiger partial charge in [0.05, 0.1) is 0 Å². The predicted octanol–water partition coefficient (Wildman–Crippen LogP) is 3.53. The normalized spacial score (nSPS) is 10.2. The molecule has 2 aromatic carbocycles. The van der Waals surface area contributed by atoms with E-state index in [0.29, 0.717) is 6.61 Å². The SMILES string of the molecule is CCc1ccccc1OCc1cccc(O)c1. The molecule has 17 heavy (non-hydrogen) atoms. The first-order chi connectivity index (χ1) is 8.29. The van der Waals surface area contributed by atoms with Crippen molar-refractivity contribution in [3.63, 3.8) is 0 Å². The van der Waals surface area contributed by atoms with Crippen LogP contribution in [0.15, 0.2) is 48.5 Å². The summed E-state index contributed by atoms with van der Waals surface area (Å²) >= 11 is 0. The second-order valence-corrected chi connectivity index (χ2v) is 3.92. The molecule has 0 amide bonds. The molecular formula is C15H16O2. The largest absolute Gasteiger partial charge is 0.508 e. The van der Waals surface area contributed by atoms with Gasteiger partial charge < -0.3 is 9.84 Å². The van der Waals surface area contributed by atoms with Gasteiger partial charge in [-0.1, -0.05) is 37.3 Å². The molecule has 0 aliphatic carbocycles. The smallest absolute Gasteiger partial charge is 0.122 e. The Labute approximate surface area is 101 Å². The first kappa shape index (κ1) is 11.5. The Bertz CT molecular complexity index is 492. The van der Waals surface area contributed by atoms with Crippen LogP contribution in [0.2, 0.25) is 0 Å². The first-order valence-electron chi connectivity index (χ1n) is 5.78. The van der Waals surface area contributed by atoms with Crippen LogP contribution in [0.4, 0.5) is 0 Å². The maximum absolute atomic E-state index is 9.36. The maximum atomic E-state index is 9.36.